The molecule has 6 nitrogen and oxygen atoms in total. The summed E-state index contributed by atoms with van der Waals surface area (Å²) in [6, 6.07) is 5.04. The lowest BCUT2D eigenvalue weighted by Crippen LogP contribution is -2.28. The highest BCUT2D eigenvalue weighted by molar-refractivity contribution is 7.92. The van der Waals surface area contributed by atoms with Gasteiger partial charge in [-0.1, -0.05) is 6.92 Å². The van der Waals surface area contributed by atoms with Gasteiger partial charge in [-0.3, -0.25) is 9.52 Å². The fourth-order valence-electron chi connectivity index (χ4n) is 1.72. The van der Waals surface area contributed by atoms with Crippen molar-refractivity contribution in [1.82, 2.24) is 5.32 Å². The van der Waals surface area contributed by atoms with Gasteiger partial charge >= 0.3 is 0 Å². The standard InChI is InChI=1S/C13H21N3O3S/c1-9-7-11(15-13(17)10(2)8-14-3)5-6-12(9)16-20(4,18)19/h5-7,10,14,16H,8H2,1-4H3,(H,15,17). The van der Waals surface area contributed by atoms with Crippen molar-refractivity contribution in [3.63, 3.8) is 0 Å². The summed E-state index contributed by atoms with van der Waals surface area (Å²) in [5.74, 6) is -0.225. The number of sulfonamides is 1. The van der Waals surface area contributed by atoms with E-state index in [-0.39, 0.29) is 11.8 Å². The molecule has 0 bridgehead atoms. The topological polar surface area (TPSA) is 87.3 Å². The lowest BCUT2D eigenvalue weighted by Gasteiger charge is -2.13. The molecule has 0 saturated carbocycles. The first-order chi connectivity index (χ1) is 9.23. The van der Waals surface area contributed by atoms with Gasteiger partial charge in [-0.25, -0.2) is 8.42 Å². The summed E-state index contributed by atoms with van der Waals surface area (Å²) in [6.07, 6.45) is 1.10. The largest absolute Gasteiger partial charge is 0.326 e. The molecule has 1 atom stereocenters. The minimum Gasteiger partial charge on any atom is -0.326 e. The van der Waals surface area contributed by atoms with Gasteiger partial charge in [0.1, 0.15) is 0 Å². The van der Waals surface area contributed by atoms with Crippen LogP contribution in [0.25, 0.3) is 0 Å². The zero-order chi connectivity index (χ0) is 15.3. The molecule has 0 saturated heterocycles. The second-order valence-corrected chi connectivity index (χ2v) is 6.60. The van der Waals surface area contributed by atoms with Crippen molar-refractivity contribution in [2.24, 2.45) is 5.92 Å². The summed E-state index contributed by atoms with van der Waals surface area (Å²) in [7, 11) is -1.51. The molecule has 20 heavy (non-hydrogen) atoms. The van der Waals surface area contributed by atoms with Crippen LogP contribution in [0.3, 0.4) is 0 Å². The molecule has 1 unspecified atom stereocenters. The second kappa shape index (κ2) is 6.71. The van der Waals surface area contributed by atoms with Gasteiger partial charge in [-0.05, 0) is 37.7 Å². The Morgan fingerprint density at radius 2 is 2.00 bits per heavy atom. The zero-order valence-corrected chi connectivity index (χ0v) is 13.0. The SMILES string of the molecule is CNCC(C)C(=O)Nc1ccc(NS(C)(=O)=O)c(C)c1. The molecule has 0 fully saturated rings. The van der Waals surface area contributed by atoms with Crippen molar-refractivity contribution < 1.29 is 13.2 Å². The highest BCUT2D eigenvalue weighted by Crippen LogP contribution is 2.20. The van der Waals surface area contributed by atoms with E-state index in [1.807, 2.05) is 6.92 Å². The maximum absolute atomic E-state index is 11.9. The van der Waals surface area contributed by atoms with Crippen molar-refractivity contribution in [3.05, 3.63) is 23.8 Å². The quantitative estimate of drug-likeness (QED) is 0.735. The van der Waals surface area contributed by atoms with Crippen molar-refractivity contribution >= 4 is 27.3 Å². The Bertz CT molecular complexity index is 585. The minimum absolute atomic E-state index is 0.0810. The van der Waals surface area contributed by atoms with E-state index in [0.29, 0.717) is 17.9 Å². The molecule has 1 aromatic carbocycles. The first kappa shape index (κ1) is 16.5. The Labute approximate surface area is 120 Å². The number of benzene rings is 1. The predicted molar refractivity (Wildman–Crippen MR) is 81.4 cm³/mol. The average Bonchev–Trinajstić information content (AvgIpc) is 2.31. The highest BCUT2D eigenvalue weighted by Gasteiger charge is 2.12. The molecular formula is C13H21N3O3S. The van der Waals surface area contributed by atoms with Crippen molar-refractivity contribution in [1.29, 1.82) is 0 Å². The predicted octanol–water partition coefficient (Wildman–Crippen LogP) is 1.16. The van der Waals surface area contributed by atoms with Crippen LogP contribution < -0.4 is 15.4 Å². The monoisotopic (exact) mass is 299 g/mol. The lowest BCUT2D eigenvalue weighted by atomic mass is 10.1. The van der Waals surface area contributed by atoms with Crippen LogP contribution in [0.4, 0.5) is 11.4 Å². The Hall–Kier alpha value is -1.60. The summed E-state index contributed by atoms with van der Waals surface area (Å²) in [6.45, 7) is 4.21. The van der Waals surface area contributed by atoms with Gasteiger partial charge in [0.15, 0.2) is 0 Å². The van der Waals surface area contributed by atoms with E-state index in [9.17, 15) is 13.2 Å². The van der Waals surface area contributed by atoms with Gasteiger partial charge in [-0.2, -0.15) is 0 Å². The molecule has 0 spiro atoms. The van der Waals surface area contributed by atoms with Crippen LogP contribution in [0.5, 0.6) is 0 Å². The number of hydrogen-bond donors (Lipinski definition) is 3. The van der Waals surface area contributed by atoms with Gasteiger partial charge in [0.05, 0.1) is 11.9 Å². The average molecular weight is 299 g/mol. The Kier molecular flexibility index (Phi) is 5.52. The van der Waals surface area contributed by atoms with E-state index in [2.05, 4.69) is 15.4 Å². The zero-order valence-electron chi connectivity index (χ0n) is 12.1. The van der Waals surface area contributed by atoms with Gasteiger partial charge in [-0.15, -0.1) is 0 Å². The number of carbonyl (C=O) groups excluding carboxylic acids is 1. The van der Waals surface area contributed by atoms with Crippen molar-refractivity contribution in [3.8, 4) is 0 Å². The fraction of sp³-hybridized carbons (Fsp3) is 0.462. The van der Waals surface area contributed by atoms with Crippen LogP contribution in [0, 0.1) is 12.8 Å². The summed E-state index contributed by atoms with van der Waals surface area (Å²) >= 11 is 0. The molecule has 1 amide bonds. The minimum atomic E-state index is -3.30. The summed E-state index contributed by atoms with van der Waals surface area (Å²) in [5.41, 5.74) is 1.90. The van der Waals surface area contributed by atoms with E-state index < -0.39 is 10.0 Å². The van der Waals surface area contributed by atoms with Crippen LogP contribution in [0.2, 0.25) is 0 Å². The molecule has 0 heterocycles. The first-order valence-electron chi connectivity index (χ1n) is 6.27. The molecule has 0 aliphatic heterocycles. The fourth-order valence-corrected chi connectivity index (χ4v) is 2.35. The van der Waals surface area contributed by atoms with E-state index in [0.717, 1.165) is 11.8 Å². The van der Waals surface area contributed by atoms with E-state index in [4.69, 9.17) is 0 Å². The molecule has 1 rings (SSSR count). The van der Waals surface area contributed by atoms with Gasteiger partial charge in [0.2, 0.25) is 15.9 Å². The number of carbonyl (C=O) groups is 1. The number of nitrogens with one attached hydrogen (secondary N) is 3. The summed E-state index contributed by atoms with van der Waals surface area (Å²) in [5, 5.41) is 5.74. The molecule has 0 aliphatic rings. The van der Waals surface area contributed by atoms with E-state index in [1.54, 1.807) is 32.2 Å². The number of rotatable bonds is 6. The Balaban J connectivity index is 2.80. The number of aryl methyl sites for hydroxylation is 1. The molecule has 0 aliphatic carbocycles. The Morgan fingerprint density at radius 3 is 2.50 bits per heavy atom. The van der Waals surface area contributed by atoms with Gasteiger partial charge in [0, 0.05) is 18.2 Å². The smallest absolute Gasteiger partial charge is 0.229 e. The summed E-state index contributed by atoms with van der Waals surface area (Å²) in [4.78, 5) is 11.9. The third-order valence-electron chi connectivity index (χ3n) is 2.75. The number of hydrogen-bond acceptors (Lipinski definition) is 4. The third-order valence-corrected chi connectivity index (χ3v) is 3.34. The maximum atomic E-state index is 11.9. The van der Waals surface area contributed by atoms with E-state index >= 15 is 0 Å². The Morgan fingerprint density at radius 1 is 1.35 bits per heavy atom. The molecule has 7 heteroatoms. The van der Waals surface area contributed by atoms with Crippen LogP contribution >= 0.6 is 0 Å². The molecule has 0 aromatic heterocycles. The van der Waals surface area contributed by atoms with Crippen molar-refractivity contribution in [2.45, 2.75) is 13.8 Å². The van der Waals surface area contributed by atoms with Gasteiger partial charge in [0.25, 0.3) is 0 Å². The molecule has 112 valence electrons. The molecular weight excluding hydrogens is 278 g/mol. The van der Waals surface area contributed by atoms with Crippen LogP contribution in [0.15, 0.2) is 18.2 Å². The van der Waals surface area contributed by atoms with Crippen LogP contribution in [-0.4, -0.2) is 34.2 Å². The normalized spacial score (nSPS) is 12.8. The highest BCUT2D eigenvalue weighted by atomic mass is 32.2. The second-order valence-electron chi connectivity index (χ2n) is 4.85. The van der Waals surface area contributed by atoms with Crippen LogP contribution in [0.1, 0.15) is 12.5 Å². The maximum Gasteiger partial charge on any atom is 0.229 e. The molecule has 1 aromatic rings. The first-order valence-corrected chi connectivity index (χ1v) is 8.16. The molecule has 3 N–H and O–H groups in total. The van der Waals surface area contributed by atoms with Crippen molar-refractivity contribution in [2.75, 3.05) is 29.9 Å². The number of amides is 1. The lowest BCUT2D eigenvalue weighted by molar-refractivity contribution is -0.119. The third kappa shape index (κ3) is 5.18. The van der Waals surface area contributed by atoms with E-state index in [1.165, 1.54) is 0 Å². The molecule has 0 radical (unpaired) electrons. The van der Waals surface area contributed by atoms with Gasteiger partial charge < -0.3 is 10.6 Å². The number of anilines is 2. The summed E-state index contributed by atoms with van der Waals surface area (Å²) < 4.78 is 24.8. The van der Waals surface area contributed by atoms with Crippen LogP contribution in [-0.2, 0) is 14.8 Å².